The second-order valence-corrected chi connectivity index (χ2v) is 8.25. The van der Waals surface area contributed by atoms with Gasteiger partial charge >= 0.3 is 6.09 Å². The third kappa shape index (κ3) is 6.11. The van der Waals surface area contributed by atoms with E-state index in [1.54, 1.807) is 20.8 Å². The summed E-state index contributed by atoms with van der Waals surface area (Å²) in [6, 6.07) is 19.1. The van der Waals surface area contributed by atoms with Gasteiger partial charge in [0.2, 0.25) is 5.91 Å². The lowest BCUT2D eigenvalue weighted by Gasteiger charge is -2.23. The van der Waals surface area contributed by atoms with Crippen molar-refractivity contribution in [2.75, 3.05) is 6.54 Å². The normalized spacial score (nSPS) is 12.4. The van der Waals surface area contributed by atoms with Crippen LogP contribution in [-0.2, 0) is 22.5 Å². The molecule has 0 aliphatic carbocycles. The molecule has 0 aliphatic heterocycles. The Morgan fingerprint density at radius 3 is 2.43 bits per heavy atom. The van der Waals surface area contributed by atoms with Crippen molar-refractivity contribution < 1.29 is 14.3 Å². The zero-order valence-corrected chi connectivity index (χ0v) is 17.7. The Hall–Kier alpha value is -3.28. The first-order valence-corrected chi connectivity index (χ1v) is 10.2. The number of fused-ring (bicyclic) bond motifs is 1. The van der Waals surface area contributed by atoms with Crippen LogP contribution in [0.5, 0.6) is 0 Å². The SMILES string of the molecule is CC(C)(C)OC(=O)NC(Cc1ccccc1)C(=O)NCCn1ccc2ccccc21. The van der Waals surface area contributed by atoms with Crippen molar-refractivity contribution >= 4 is 22.9 Å². The van der Waals surface area contributed by atoms with E-state index < -0.39 is 17.7 Å². The van der Waals surface area contributed by atoms with Crippen molar-refractivity contribution in [3.05, 3.63) is 72.4 Å². The minimum absolute atomic E-state index is 0.235. The standard InChI is InChI=1S/C24H29N3O3/c1-24(2,3)30-23(29)26-20(17-18-9-5-4-6-10-18)22(28)25-14-16-27-15-13-19-11-7-8-12-21(19)27/h4-13,15,20H,14,16-17H2,1-3H3,(H,25,28)(H,26,29). The van der Waals surface area contributed by atoms with E-state index in [1.807, 2.05) is 48.7 Å². The molecule has 1 unspecified atom stereocenters. The molecule has 0 saturated carbocycles. The number of hydrogen-bond donors (Lipinski definition) is 2. The lowest BCUT2D eigenvalue weighted by Crippen LogP contribution is -2.49. The lowest BCUT2D eigenvalue weighted by molar-refractivity contribution is -0.123. The molecule has 0 saturated heterocycles. The Kier molecular flexibility index (Phi) is 6.77. The number of alkyl carbamates (subject to hydrolysis) is 1. The third-order valence-corrected chi connectivity index (χ3v) is 4.62. The van der Waals surface area contributed by atoms with Crippen LogP contribution in [0.4, 0.5) is 4.79 Å². The van der Waals surface area contributed by atoms with Crippen LogP contribution in [0.3, 0.4) is 0 Å². The highest BCUT2D eigenvalue weighted by atomic mass is 16.6. The van der Waals surface area contributed by atoms with E-state index in [-0.39, 0.29) is 5.91 Å². The Morgan fingerprint density at radius 2 is 1.70 bits per heavy atom. The van der Waals surface area contributed by atoms with Crippen LogP contribution in [-0.4, -0.2) is 34.8 Å². The first kappa shape index (κ1) is 21.4. The monoisotopic (exact) mass is 407 g/mol. The second-order valence-electron chi connectivity index (χ2n) is 8.25. The Morgan fingerprint density at radius 1 is 1.00 bits per heavy atom. The Balaban J connectivity index is 1.62. The summed E-state index contributed by atoms with van der Waals surface area (Å²) in [4.78, 5) is 25.1. The van der Waals surface area contributed by atoms with Gasteiger partial charge < -0.3 is 19.9 Å². The maximum absolute atomic E-state index is 12.9. The number of ether oxygens (including phenoxy) is 1. The van der Waals surface area contributed by atoms with Gasteiger partial charge in [-0.15, -0.1) is 0 Å². The average Bonchev–Trinajstić information content (AvgIpc) is 3.10. The van der Waals surface area contributed by atoms with E-state index in [1.165, 1.54) is 0 Å². The molecular formula is C24H29N3O3. The molecule has 30 heavy (non-hydrogen) atoms. The molecular weight excluding hydrogens is 378 g/mol. The number of benzene rings is 2. The largest absolute Gasteiger partial charge is 0.444 e. The number of aromatic nitrogens is 1. The number of nitrogens with one attached hydrogen (secondary N) is 2. The molecule has 0 aliphatic rings. The van der Waals surface area contributed by atoms with Gasteiger partial charge in [-0.2, -0.15) is 0 Å². The molecule has 6 heteroatoms. The smallest absolute Gasteiger partial charge is 0.408 e. The summed E-state index contributed by atoms with van der Waals surface area (Å²) in [6.07, 6.45) is 1.80. The fraction of sp³-hybridized carbons (Fsp3) is 0.333. The van der Waals surface area contributed by atoms with Gasteiger partial charge in [-0.25, -0.2) is 4.79 Å². The van der Waals surface area contributed by atoms with E-state index in [2.05, 4.69) is 33.4 Å². The van der Waals surface area contributed by atoms with Crippen molar-refractivity contribution in [1.82, 2.24) is 15.2 Å². The van der Waals surface area contributed by atoms with Crippen LogP contribution in [0.1, 0.15) is 26.3 Å². The summed E-state index contributed by atoms with van der Waals surface area (Å²) >= 11 is 0. The first-order valence-electron chi connectivity index (χ1n) is 10.2. The fourth-order valence-electron chi connectivity index (χ4n) is 3.27. The van der Waals surface area contributed by atoms with Gasteiger partial charge in [0.1, 0.15) is 11.6 Å². The number of hydrogen-bond acceptors (Lipinski definition) is 3. The molecule has 0 spiro atoms. The van der Waals surface area contributed by atoms with Crippen molar-refractivity contribution in [1.29, 1.82) is 0 Å². The summed E-state index contributed by atoms with van der Waals surface area (Å²) in [7, 11) is 0. The molecule has 0 fully saturated rings. The molecule has 1 aromatic heterocycles. The molecule has 1 atom stereocenters. The van der Waals surface area contributed by atoms with E-state index >= 15 is 0 Å². The van der Waals surface area contributed by atoms with Crippen LogP contribution in [0.15, 0.2) is 66.9 Å². The zero-order valence-electron chi connectivity index (χ0n) is 17.7. The number of carbonyl (C=O) groups excluding carboxylic acids is 2. The van der Waals surface area contributed by atoms with Gasteiger partial charge in [-0.3, -0.25) is 4.79 Å². The van der Waals surface area contributed by atoms with E-state index in [0.29, 0.717) is 19.5 Å². The van der Waals surface area contributed by atoms with Crippen LogP contribution in [0.2, 0.25) is 0 Å². The van der Waals surface area contributed by atoms with Gasteiger partial charge in [0, 0.05) is 31.2 Å². The summed E-state index contributed by atoms with van der Waals surface area (Å²) in [6.45, 7) is 6.48. The number of nitrogens with zero attached hydrogens (tertiary/aromatic N) is 1. The Bertz CT molecular complexity index is 990. The molecule has 2 N–H and O–H groups in total. The summed E-state index contributed by atoms with van der Waals surface area (Å²) in [5.41, 5.74) is 1.46. The van der Waals surface area contributed by atoms with Crippen molar-refractivity contribution in [2.45, 2.75) is 45.4 Å². The minimum atomic E-state index is -0.719. The lowest BCUT2D eigenvalue weighted by atomic mass is 10.1. The van der Waals surface area contributed by atoms with Gasteiger partial charge in [0.15, 0.2) is 0 Å². The van der Waals surface area contributed by atoms with Crippen LogP contribution in [0, 0.1) is 0 Å². The van der Waals surface area contributed by atoms with E-state index in [0.717, 1.165) is 16.5 Å². The summed E-state index contributed by atoms with van der Waals surface area (Å²) < 4.78 is 7.43. The molecule has 3 aromatic rings. The van der Waals surface area contributed by atoms with Gasteiger partial charge in [0.05, 0.1) is 0 Å². The Labute approximate surface area is 177 Å². The van der Waals surface area contributed by atoms with Crippen molar-refractivity contribution in [3.63, 3.8) is 0 Å². The molecule has 2 aromatic carbocycles. The summed E-state index contributed by atoms with van der Waals surface area (Å²) in [5.74, 6) is -0.235. The number of amides is 2. The van der Waals surface area contributed by atoms with E-state index in [4.69, 9.17) is 4.74 Å². The van der Waals surface area contributed by atoms with Crippen LogP contribution in [0.25, 0.3) is 10.9 Å². The topological polar surface area (TPSA) is 72.4 Å². The summed E-state index contributed by atoms with van der Waals surface area (Å²) in [5, 5.41) is 6.82. The predicted octanol–water partition coefficient (Wildman–Crippen LogP) is 3.89. The van der Waals surface area contributed by atoms with Crippen LogP contribution >= 0.6 is 0 Å². The van der Waals surface area contributed by atoms with E-state index in [9.17, 15) is 9.59 Å². The zero-order chi connectivity index (χ0) is 21.6. The predicted molar refractivity (Wildman–Crippen MR) is 118 cm³/mol. The third-order valence-electron chi connectivity index (χ3n) is 4.62. The highest BCUT2D eigenvalue weighted by molar-refractivity contribution is 5.86. The maximum Gasteiger partial charge on any atom is 0.408 e. The molecule has 0 radical (unpaired) electrons. The van der Waals surface area contributed by atoms with Crippen LogP contribution < -0.4 is 10.6 Å². The molecule has 1 heterocycles. The molecule has 3 rings (SSSR count). The first-order chi connectivity index (χ1) is 14.3. The number of para-hydroxylation sites is 1. The highest BCUT2D eigenvalue weighted by Crippen LogP contribution is 2.14. The number of carbonyl (C=O) groups is 2. The highest BCUT2D eigenvalue weighted by Gasteiger charge is 2.24. The second kappa shape index (κ2) is 9.48. The quantitative estimate of drug-likeness (QED) is 0.624. The molecule has 2 amide bonds. The van der Waals surface area contributed by atoms with Crippen molar-refractivity contribution in [2.24, 2.45) is 0 Å². The van der Waals surface area contributed by atoms with Gasteiger partial charge in [-0.1, -0.05) is 48.5 Å². The van der Waals surface area contributed by atoms with Gasteiger partial charge in [0.25, 0.3) is 0 Å². The minimum Gasteiger partial charge on any atom is -0.444 e. The fourth-order valence-corrected chi connectivity index (χ4v) is 3.27. The average molecular weight is 408 g/mol. The van der Waals surface area contributed by atoms with Gasteiger partial charge in [-0.05, 0) is 43.9 Å². The maximum atomic E-state index is 12.9. The molecule has 158 valence electrons. The number of rotatable bonds is 7. The van der Waals surface area contributed by atoms with Crippen molar-refractivity contribution in [3.8, 4) is 0 Å². The molecule has 6 nitrogen and oxygen atoms in total. The molecule has 0 bridgehead atoms.